The number of hydrogen-bond donors (Lipinski definition) is 0. The Morgan fingerprint density at radius 2 is 1.92 bits per heavy atom. The molecule has 0 spiro atoms. The Kier molecular flexibility index (Phi) is 5.88. The minimum atomic E-state index is -0.833. The van der Waals surface area contributed by atoms with Gasteiger partial charge in [-0.25, -0.2) is 4.79 Å². The predicted molar refractivity (Wildman–Crippen MR) is 46.1 cm³/mol. The molecule has 76 valence electrons. The van der Waals surface area contributed by atoms with E-state index >= 15 is 0 Å². The number of esters is 1. The van der Waals surface area contributed by atoms with Crippen LogP contribution in [0.15, 0.2) is 0 Å². The molecule has 0 saturated carbocycles. The van der Waals surface area contributed by atoms with Crippen LogP contribution in [0.2, 0.25) is 0 Å². The molecular formula is C8H15NO4. The highest BCUT2D eigenvalue weighted by atomic mass is 16.5. The Labute approximate surface area is 77.6 Å². The summed E-state index contributed by atoms with van der Waals surface area (Å²) >= 11 is 0. The van der Waals surface area contributed by atoms with Crippen LogP contribution in [-0.4, -0.2) is 51.2 Å². The smallest absolute Gasteiger partial charge is 0.396 e. The molecule has 0 aliphatic heterocycles. The van der Waals surface area contributed by atoms with Gasteiger partial charge in [0.1, 0.15) is 0 Å². The van der Waals surface area contributed by atoms with Gasteiger partial charge in [-0.3, -0.25) is 4.79 Å². The zero-order valence-corrected chi connectivity index (χ0v) is 8.20. The van der Waals surface area contributed by atoms with Gasteiger partial charge in [-0.2, -0.15) is 0 Å². The number of rotatable bonds is 4. The molecule has 0 aromatic rings. The SMILES string of the molecule is COCCCN(C)C(=O)C(=O)OC. The molecule has 5 nitrogen and oxygen atoms in total. The lowest BCUT2D eigenvalue weighted by atomic mass is 10.4. The van der Waals surface area contributed by atoms with E-state index in [1.807, 2.05) is 0 Å². The first-order valence-electron chi connectivity index (χ1n) is 3.95. The van der Waals surface area contributed by atoms with Crippen molar-refractivity contribution in [3.8, 4) is 0 Å². The number of hydrogen-bond acceptors (Lipinski definition) is 4. The first-order chi connectivity index (χ1) is 6.13. The maximum absolute atomic E-state index is 11.1. The van der Waals surface area contributed by atoms with Crippen LogP contribution in [0.1, 0.15) is 6.42 Å². The van der Waals surface area contributed by atoms with Crippen molar-refractivity contribution in [3.05, 3.63) is 0 Å². The molecule has 0 aliphatic carbocycles. The summed E-state index contributed by atoms with van der Waals surface area (Å²) in [4.78, 5) is 23.1. The van der Waals surface area contributed by atoms with E-state index in [2.05, 4.69) is 4.74 Å². The monoisotopic (exact) mass is 189 g/mol. The molecule has 0 fully saturated rings. The highest BCUT2D eigenvalue weighted by Gasteiger charge is 2.18. The van der Waals surface area contributed by atoms with Crippen molar-refractivity contribution in [2.45, 2.75) is 6.42 Å². The van der Waals surface area contributed by atoms with E-state index in [4.69, 9.17) is 4.74 Å². The molecule has 13 heavy (non-hydrogen) atoms. The lowest BCUT2D eigenvalue weighted by Crippen LogP contribution is -2.35. The summed E-state index contributed by atoms with van der Waals surface area (Å²) in [6, 6.07) is 0. The normalized spacial score (nSPS) is 9.46. The van der Waals surface area contributed by atoms with Gasteiger partial charge in [-0.15, -0.1) is 0 Å². The number of nitrogens with zero attached hydrogens (tertiary/aromatic N) is 1. The number of carbonyl (C=O) groups excluding carboxylic acids is 2. The second-order valence-corrected chi connectivity index (χ2v) is 2.56. The van der Waals surface area contributed by atoms with Gasteiger partial charge in [0, 0.05) is 27.3 Å². The standard InChI is InChI=1S/C8H15NO4/c1-9(5-4-6-12-2)7(10)8(11)13-3/h4-6H2,1-3H3. The van der Waals surface area contributed by atoms with Gasteiger partial charge in [0.05, 0.1) is 7.11 Å². The zero-order valence-electron chi connectivity index (χ0n) is 8.20. The Morgan fingerprint density at radius 1 is 1.31 bits per heavy atom. The molecule has 1 amide bonds. The number of carbonyl (C=O) groups is 2. The average Bonchev–Trinajstić information content (AvgIpc) is 2.15. The molecule has 0 bridgehead atoms. The minimum Gasteiger partial charge on any atom is -0.462 e. The van der Waals surface area contributed by atoms with E-state index in [0.717, 1.165) is 0 Å². The van der Waals surface area contributed by atoms with Gasteiger partial charge in [-0.1, -0.05) is 0 Å². The third-order valence-electron chi connectivity index (χ3n) is 1.55. The lowest BCUT2D eigenvalue weighted by molar-refractivity contribution is -0.157. The quantitative estimate of drug-likeness (QED) is 0.345. The number of ether oxygens (including phenoxy) is 2. The zero-order chi connectivity index (χ0) is 10.3. The fourth-order valence-corrected chi connectivity index (χ4v) is 0.791. The number of likely N-dealkylation sites (N-methyl/N-ethyl adjacent to an activating group) is 1. The fourth-order valence-electron chi connectivity index (χ4n) is 0.791. The number of amides is 1. The molecule has 0 saturated heterocycles. The highest BCUT2D eigenvalue weighted by Crippen LogP contribution is 1.91. The van der Waals surface area contributed by atoms with Gasteiger partial charge < -0.3 is 14.4 Å². The summed E-state index contributed by atoms with van der Waals surface area (Å²) in [6.45, 7) is 1.06. The maximum atomic E-state index is 11.1. The second-order valence-electron chi connectivity index (χ2n) is 2.56. The molecule has 0 unspecified atom stereocenters. The minimum absolute atomic E-state index is 0.488. The van der Waals surface area contributed by atoms with Crippen LogP contribution in [0.3, 0.4) is 0 Å². The highest BCUT2D eigenvalue weighted by molar-refractivity contribution is 6.32. The fraction of sp³-hybridized carbons (Fsp3) is 0.750. The van der Waals surface area contributed by atoms with E-state index in [9.17, 15) is 9.59 Å². The van der Waals surface area contributed by atoms with Crippen molar-refractivity contribution < 1.29 is 19.1 Å². The van der Waals surface area contributed by atoms with Gasteiger partial charge >= 0.3 is 11.9 Å². The predicted octanol–water partition coefficient (Wildman–Crippen LogP) is -0.346. The Bertz CT molecular complexity index is 181. The van der Waals surface area contributed by atoms with Crippen LogP contribution >= 0.6 is 0 Å². The van der Waals surface area contributed by atoms with Crippen molar-refractivity contribution in [3.63, 3.8) is 0 Å². The summed E-state index contributed by atoms with van der Waals surface area (Å²) in [5, 5.41) is 0. The van der Waals surface area contributed by atoms with Gasteiger partial charge in [-0.05, 0) is 6.42 Å². The van der Waals surface area contributed by atoms with Crippen LogP contribution in [0.4, 0.5) is 0 Å². The average molecular weight is 189 g/mol. The maximum Gasteiger partial charge on any atom is 0.396 e. The van der Waals surface area contributed by atoms with Crippen molar-refractivity contribution in [1.82, 2.24) is 4.90 Å². The summed E-state index contributed by atoms with van der Waals surface area (Å²) in [6.07, 6.45) is 0.704. The van der Waals surface area contributed by atoms with Gasteiger partial charge in [0.25, 0.3) is 0 Å². The lowest BCUT2D eigenvalue weighted by Gasteiger charge is -2.14. The molecule has 0 aromatic carbocycles. The first kappa shape index (κ1) is 11.9. The molecule has 0 heterocycles. The molecule has 5 heteroatoms. The summed E-state index contributed by atoms with van der Waals surface area (Å²) in [5.74, 6) is -1.46. The van der Waals surface area contributed by atoms with E-state index in [-0.39, 0.29) is 0 Å². The molecule has 0 atom stereocenters. The van der Waals surface area contributed by atoms with Crippen LogP contribution in [0, 0.1) is 0 Å². The van der Waals surface area contributed by atoms with Crippen LogP contribution < -0.4 is 0 Å². The molecular weight excluding hydrogens is 174 g/mol. The molecule has 0 rings (SSSR count). The Hall–Kier alpha value is -1.10. The Morgan fingerprint density at radius 3 is 2.38 bits per heavy atom. The topological polar surface area (TPSA) is 55.8 Å². The first-order valence-corrected chi connectivity index (χ1v) is 3.95. The summed E-state index contributed by atoms with van der Waals surface area (Å²) < 4.78 is 9.08. The third-order valence-corrected chi connectivity index (χ3v) is 1.55. The second kappa shape index (κ2) is 6.42. The summed E-state index contributed by atoms with van der Waals surface area (Å²) in [5.41, 5.74) is 0. The van der Waals surface area contributed by atoms with Crippen molar-refractivity contribution in [1.29, 1.82) is 0 Å². The van der Waals surface area contributed by atoms with E-state index in [1.165, 1.54) is 12.0 Å². The molecule has 0 radical (unpaired) electrons. The molecule has 0 aliphatic rings. The Balaban J connectivity index is 3.76. The van der Waals surface area contributed by atoms with Crippen molar-refractivity contribution in [2.24, 2.45) is 0 Å². The van der Waals surface area contributed by atoms with Crippen molar-refractivity contribution >= 4 is 11.9 Å². The molecule has 0 N–H and O–H groups in total. The largest absolute Gasteiger partial charge is 0.462 e. The van der Waals surface area contributed by atoms with Crippen LogP contribution in [0.5, 0.6) is 0 Å². The van der Waals surface area contributed by atoms with E-state index in [0.29, 0.717) is 19.6 Å². The van der Waals surface area contributed by atoms with Crippen LogP contribution in [-0.2, 0) is 19.1 Å². The number of methoxy groups -OCH3 is 2. The van der Waals surface area contributed by atoms with Crippen molar-refractivity contribution in [2.75, 3.05) is 34.4 Å². The van der Waals surface area contributed by atoms with Crippen LogP contribution in [0.25, 0.3) is 0 Å². The summed E-state index contributed by atoms with van der Waals surface area (Å²) in [7, 11) is 4.32. The van der Waals surface area contributed by atoms with Gasteiger partial charge in [0.15, 0.2) is 0 Å². The van der Waals surface area contributed by atoms with Gasteiger partial charge in [0.2, 0.25) is 0 Å². The van der Waals surface area contributed by atoms with E-state index in [1.54, 1.807) is 14.2 Å². The van der Waals surface area contributed by atoms with E-state index < -0.39 is 11.9 Å². The third kappa shape index (κ3) is 4.47. The molecule has 0 aromatic heterocycles.